The molecule has 1 amide bonds. The van der Waals surface area contributed by atoms with Gasteiger partial charge in [-0.1, -0.05) is 5.16 Å². The maximum absolute atomic E-state index is 12.1. The number of aromatic nitrogens is 2. The third-order valence-corrected chi connectivity index (χ3v) is 3.81. The Morgan fingerprint density at radius 1 is 1.55 bits per heavy atom. The highest BCUT2D eigenvalue weighted by molar-refractivity contribution is 5.85. The van der Waals surface area contributed by atoms with Crippen LogP contribution in [-0.4, -0.2) is 47.0 Å². The molecule has 3 atom stereocenters. The molecule has 1 aliphatic carbocycles. The minimum Gasteiger partial charge on any atom is -0.387 e. The van der Waals surface area contributed by atoms with Crippen molar-refractivity contribution in [3.05, 3.63) is 11.7 Å². The van der Waals surface area contributed by atoms with Crippen LogP contribution in [0.25, 0.3) is 0 Å². The summed E-state index contributed by atoms with van der Waals surface area (Å²) in [6, 6.07) is 0.00952. The van der Waals surface area contributed by atoms with Gasteiger partial charge in [0.2, 0.25) is 5.91 Å². The Morgan fingerprint density at radius 3 is 2.95 bits per heavy atom. The highest BCUT2D eigenvalue weighted by Crippen LogP contribution is 2.25. The molecule has 0 unspecified atom stereocenters. The van der Waals surface area contributed by atoms with E-state index in [1.165, 1.54) is 0 Å². The molecular weight excluding hydrogens is 312 g/mol. The molecule has 22 heavy (non-hydrogen) atoms. The molecule has 8 nitrogen and oxygen atoms in total. The number of carbonyl (C=O) groups is 1. The summed E-state index contributed by atoms with van der Waals surface area (Å²) < 4.78 is 10.1. The molecule has 1 aromatic heterocycles. The Morgan fingerprint density at radius 2 is 2.32 bits per heavy atom. The summed E-state index contributed by atoms with van der Waals surface area (Å²) in [5, 5.41) is 15.4. The number of amides is 1. The van der Waals surface area contributed by atoms with Crippen molar-refractivity contribution in [2.75, 3.05) is 13.7 Å². The van der Waals surface area contributed by atoms with Crippen LogP contribution in [-0.2, 0) is 22.6 Å². The molecule has 0 bridgehead atoms. The predicted octanol–water partition coefficient (Wildman–Crippen LogP) is -0.215. The lowest BCUT2D eigenvalue weighted by Crippen LogP contribution is -2.45. The second-order valence-electron chi connectivity index (χ2n) is 5.25. The van der Waals surface area contributed by atoms with Crippen molar-refractivity contribution in [1.29, 1.82) is 0 Å². The molecule has 1 fully saturated rings. The fourth-order valence-electron chi connectivity index (χ4n) is 2.56. The Hall–Kier alpha value is -1.22. The SMILES string of the molecule is CO[C@H]1C[C@@H](C(=O)NCCc2noc(CO)n2)CC[C@@H]1N.Cl. The van der Waals surface area contributed by atoms with E-state index in [9.17, 15) is 4.79 Å². The van der Waals surface area contributed by atoms with Crippen LogP contribution in [0.15, 0.2) is 4.52 Å². The third kappa shape index (κ3) is 4.91. The van der Waals surface area contributed by atoms with E-state index in [1.54, 1.807) is 7.11 Å². The van der Waals surface area contributed by atoms with Gasteiger partial charge in [-0.25, -0.2) is 0 Å². The molecule has 0 radical (unpaired) electrons. The molecule has 1 heterocycles. The second kappa shape index (κ2) is 9.04. The molecule has 2 rings (SSSR count). The fraction of sp³-hybridized carbons (Fsp3) is 0.769. The smallest absolute Gasteiger partial charge is 0.252 e. The van der Waals surface area contributed by atoms with E-state index in [-0.39, 0.29) is 48.9 Å². The number of aliphatic hydroxyl groups excluding tert-OH is 1. The maximum Gasteiger partial charge on any atom is 0.252 e. The first-order chi connectivity index (χ1) is 10.1. The number of hydrogen-bond donors (Lipinski definition) is 3. The summed E-state index contributed by atoms with van der Waals surface area (Å²) in [5.41, 5.74) is 5.94. The van der Waals surface area contributed by atoms with Gasteiger partial charge in [0, 0.05) is 32.0 Å². The van der Waals surface area contributed by atoms with E-state index in [0.29, 0.717) is 25.2 Å². The van der Waals surface area contributed by atoms with Gasteiger partial charge in [-0.3, -0.25) is 4.79 Å². The molecule has 1 aliphatic rings. The topological polar surface area (TPSA) is 124 Å². The Balaban J connectivity index is 0.00000242. The van der Waals surface area contributed by atoms with Gasteiger partial charge in [-0.15, -0.1) is 12.4 Å². The quantitative estimate of drug-likeness (QED) is 0.657. The van der Waals surface area contributed by atoms with E-state index in [1.807, 2.05) is 0 Å². The van der Waals surface area contributed by atoms with E-state index in [2.05, 4.69) is 15.5 Å². The molecule has 1 aromatic rings. The minimum absolute atomic E-state index is 0. The number of nitrogens with one attached hydrogen (secondary N) is 1. The first-order valence-electron chi connectivity index (χ1n) is 7.12. The standard InChI is InChI=1S/C13H22N4O4.ClH/c1-20-10-6-8(2-3-9(10)14)13(19)15-5-4-11-16-12(7-18)21-17-11;/h8-10,18H,2-7,14H2,1H3,(H,15,19);1H/t8-,9-,10-;/m0./s1. The predicted molar refractivity (Wildman–Crippen MR) is 80.3 cm³/mol. The van der Waals surface area contributed by atoms with Crippen LogP contribution in [0.2, 0.25) is 0 Å². The van der Waals surface area contributed by atoms with Crippen LogP contribution >= 0.6 is 12.4 Å². The van der Waals surface area contributed by atoms with Gasteiger partial charge >= 0.3 is 0 Å². The summed E-state index contributed by atoms with van der Waals surface area (Å²) in [5.74, 6) is 0.600. The zero-order chi connectivity index (χ0) is 15.2. The van der Waals surface area contributed by atoms with E-state index >= 15 is 0 Å². The maximum atomic E-state index is 12.1. The van der Waals surface area contributed by atoms with Gasteiger partial charge in [0.25, 0.3) is 5.89 Å². The Labute approximate surface area is 135 Å². The van der Waals surface area contributed by atoms with Gasteiger partial charge in [0.15, 0.2) is 5.82 Å². The minimum atomic E-state index is -0.278. The summed E-state index contributed by atoms with van der Waals surface area (Å²) >= 11 is 0. The summed E-state index contributed by atoms with van der Waals surface area (Å²) in [4.78, 5) is 16.1. The fourth-order valence-corrected chi connectivity index (χ4v) is 2.56. The van der Waals surface area contributed by atoms with Crippen LogP contribution in [0.4, 0.5) is 0 Å². The number of rotatable bonds is 6. The number of methoxy groups -OCH3 is 1. The normalized spacial score (nSPS) is 24.6. The van der Waals surface area contributed by atoms with Crippen LogP contribution in [0.1, 0.15) is 31.0 Å². The lowest BCUT2D eigenvalue weighted by Gasteiger charge is -2.32. The van der Waals surface area contributed by atoms with Crippen molar-refractivity contribution >= 4 is 18.3 Å². The molecule has 0 saturated heterocycles. The molecule has 9 heteroatoms. The van der Waals surface area contributed by atoms with Crippen molar-refractivity contribution in [2.45, 2.75) is 44.4 Å². The van der Waals surface area contributed by atoms with E-state index < -0.39 is 0 Å². The number of nitrogens with zero attached hydrogens (tertiary/aromatic N) is 2. The van der Waals surface area contributed by atoms with Crippen molar-refractivity contribution in [3.63, 3.8) is 0 Å². The number of halogens is 1. The lowest BCUT2D eigenvalue weighted by atomic mass is 9.83. The molecule has 126 valence electrons. The highest BCUT2D eigenvalue weighted by Gasteiger charge is 2.31. The first-order valence-corrected chi connectivity index (χ1v) is 7.12. The molecular formula is C13H23ClN4O4. The van der Waals surface area contributed by atoms with Crippen LogP contribution in [0, 0.1) is 5.92 Å². The number of nitrogens with two attached hydrogens (primary N) is 1. The number of aliphatic hydroxyl groups is 1. The van der Waals surface area contributed by atoms with Crippen molar-refractivity contribution in [2.24, 2.45) is 11.7 Å². The summed E-state index contributed by atoms with van der Waals surface area (Å²) in [6.45, 7) is 0.156. The van der Waals surface area contributed by atoms with Gasteiger partial charge in [0.05, 0.1) is 6.10 Å². The molecule has 1 saturated carbocycles. The third-order valence-electron chi connectivity index (χ3n) is 3.81. The van der Waals surface area contributed by atoms with Crippen molar-refractivity contribution in [3.8, 4) is 0 Å². The average molecular weight is 335 g/mol. The monoisotopic (exact) mass is 334 g/mol. The number of hydrogen-bond acceptors (Lipinski definition) is 7. The summed E-state index contributed by atoms with van der Waals surface area (Å²) in [6.07, 6.45) is 2.64. The van der Waals surface area contributed by atoms with Gasteiger partial charge in [-0.05, 0) is 19.3 Å². The number of carbonyl (C=O) groups excluding carboxylic acids is 1. The summed E-state index contributed by atoms with van der Waals surface area (Å²) in [7, 11) is 1.62. The van der Waals surface area contributed by atoms with Crippen LogP contribution < -0.4 is 11.1 Å². The van der Waals surface area contributed by atoms with Gasteiger partial charge < -0.3 is 25.4 Å². The average Bonchev–Trinajstić information content (AvgIpc) is 2.95. The Kier molecular flexibility index (Phi) is 7.74. The van der Waals surface area contributed by atoms with Crippen molar-refractivity contribution < 1.29 is 19.2 Å². The van der Waals surface area contributed by atoms with Crippen molar-refractivity contribution in [1.82, 2.24) is 15.5 Å². The van der Waals surface area contributed by atoms with Gasteiger partial charge in [-0.2, -0.15) is 4.98 Å². The van der Waals surface area contributed by atoms with Gasteiger partial charge in [0.1, 0.15) is 6.61 Å². The zero-order valence-electron chi connectivity index (χ0n) is 12.5. The first kappa shape index (κ1) is 18.8. The molecule has 0 aliphatic heterocycles. The number of ether oxygens (including phenoxy) is 1. The molecule has 4 N–H and O–H groups in total. The molecule has 0 aromatic carbocycles. The van der Waals surface area contributed by atoms with Crippen LogP contribution in [0.3, 0.4) is 0 Å². The Bertz CT molecular complexity index is 471. The molecule has 0 spiro atoms. The highest BCUT2D eigenvalue weighted by atomic mass is 35.5. The lowest BCUT2D eigenvalue weighted by molar-refractivity contribution is -0.127. The van der Waals surface area contributed by atoms with Crippen LogP contribution in [0.5, 0.6) is 0 Å². The van der Waals surface area contributed by atoms with E-state index in [4.69, 9.17) is 20.1 Å². The largest absolute Gasteiger partial charge is 0.387 e. The zero-order valence-corrected chi connectivity index (χ0v) is 13.3. The second-order valence-corrected chi connectivity index (χ2v) is 5.25. The van der Waals surface area contributed by atoms with E-state index in [0.717, 1.165) is 12.8 Å².